The van der Waals surface area contributed by atoms with Crippen LogP contribution in [0.25, 0.3) is 0 Å². The van der Waals surface area contributed by atoms with Crippen LogP contribution >= 0.6 is 0 Å². The number of nitriles is 1. The molecule has 1 amide bonds. The van der Waals surface area contributed by atoms with Crippen LogP contribution in [-0.4, -0.2) is 48.9 Å². The van der Waals surface area contributed by atoms with Crippen molar-refractivity contribution in [3.05, 3.63) is 35.4 Å². The molecule has 1 fully saturated rings. The van der Waals surface area contributed by atoms with Gasteiger partial charge in [0.05, 0.1) is 17.4 Å². The number of piperidine rings is 1. The number of hydrogen-bond donors (Lipinski definition) is 0. The van der Waals surface area contributed by atoms with E-state index in [1.807, 2.05) is 24.0 Å². The molecule has 26 heavy (non-hydrogen) atoms. The van der Waals surface area contributed by atoms with Crippen molar-refractivity contribution >= 4 is 15.9 Å². The van der Waals surface area contributed by atoms with Crippen molar-refractivity contribution in [1.82, 2.24) is 9.21 Å². The van der Waals surface area contributed by atoms with Gasteiger partial charge >= 0.3 is 0 Å². The van der Waals surface area contributed by atoms with Gasteiger partial charge in [0, 0.05) is 32.1 Å². The Labute approximate surface area is 156 Å². The molecule has 1 aliphatic heterocycles. The second kappa shape index (κ2) is 9.15. The van der Waals surface area contributed by atoms with Crippen LogP contribution in [0.4, 0.5) is 0 Å². The van der Waals surface area contributed by atoms with Crippen molar-refractivity contribution < 1.29 is 13.2 Å². The summed E-state index contributed by atoms with van der Waals surface area (Å²) < 4.78 is 25.4. The summed E-state index contributed by atoms with van der Waals surface area (Å²) in [5.74, 6) is 0.0831. The van der Waals surface area contributed by atoms with E-state index in [4.69, 9.17) is 5.26 Å². The highest BCUT2D eigenvalue weighted by Crippen LogP contribution is 2.23. The largest absolute Gasteiger partial charge is 0.338 e. The van der Waals surface area contributed by atoms with Crippen LogP contribution in [0.5, 0.6) is 0 Å². The second-order valence-electron chi connectivity index (χ2n) is 6.64. The SMILES string of the molecule is CCCN(Cc1ccc(C#N)cc1)C(=O)C1CCN(S(=O)(=O)CC)CC1. The maximum absolute atomic E-state index is 12.9. The van der Waals surface area contributed by atoms with Crippen molar-refractivity contribution in [2.24, 2.45) is 5.92 Å². The van der Waals surface area contributed by atoms with E-state index in [-0.39, 0.29) is 17.6 Å². The molecule has 0 radical (unpaired) electrons. The van der Waals surface area contributed by atoms with Gasteiger partial charge in [-0.15, -0.1) is 0 Å². The Hall–Kier alpha value is -1.91. The van der Waals surface area contributed by atoms with Crippen LogP contribution < -0.4 is 0 Å². The van der Waals surface area contributed by atoms with E-state index >= 15 is 0 Å². The number of amides is 1. The maximum atomic E-state index is 12.9. The van der Waals surface area contributed by atoms with Gasteiger partial charge in [-0.2, -0.15) is 5.26 Å². The van der Waals surface area contributed by atoms with E-state index < -0.39 is 10.0 Å². The number of hydrogen-bond acceptors (Lipinski definition) is 4. The lowest BCUT2D eigenvalue weighted by Gasteiger charge is -2.33. The Morgan fingerprint density at radius 2 is 1.85 bits per heavy atom. The molecule has 1 heterocycles. The van der Waals surface area contributed by atoms with Crippen molar-refractivity contribution in [3.63, 3.8) is 0 Å². The molecule has 1 aromatic rings. The summed E-state index contributed by atoms with van der Waals surface area (Å²) in [6.45, 7) is 5.72. The zero-order valence-electron chi connectivity index (χ0n) is 15.5. The first kappa shape index (κ1) is 20.4. The number of sulfonamides is 1. The van der Waals surface area contributed by atoms with E-state index in [1.54, 1.807) is 19.1 Å². The molecule has 1 aliphatic rings. The van der Waals surface area contributed by atoms with Crippen LogP contribution in [0.2, 0.25) is 0 Å². The first-order chi connectivity index (χ1) is 12.4. The fourth-order valence-electron chi connectivity index (χ4n) is 3.26. The molecule has 6 nitrogen and oxygen atoms in total. The summed E-state index contributed by atoms with van der Waals surface area (Å²) in [4.78, 5) is 14.8. The standard InChI is InChI=1S/C19H27N3O3S/c1-3-11-21(15-17-7-5-16(14-20)6-8-17)19(23)18-9-12-22(13-10-18)26(24,25)4-2/h5-8,18H,3-4,9-13,15H2,1-2H3. The predicted octanol–water partition coefficient (Wildman–Crippen LogP) is 2.36. The number of carbonyl (C=O) groups is 1. The van der Waals surface area contributed by atoms with Crippen LogP contribution in [0.15, 0.2) is 24.3 Å². The molecule has 0 spiro atoms. The first-order valence-corrected chi connectivity index (χ1v) is 10.8. The molecule has 1 aromatic carbocycles. The lowest BCUT2D eigenvalue weighted by atomic mass is 9.96. The summed E-state index contributed by atoms with van der Waals surface area (Å²) in [5.41, 5.74) is 1.60. The summed E-state index contributed by atoms with van der Waals surface area (Å²) in [7, 11) is -3.17. The molecule has 0 aliphatic carbocycles. The zero-order valence-corrected chi connectivity index (χ0v) is 16.3. The van der Waals surface area contributed by atoms with Gasteiger partial charge < -0.3 is 4.90 Å². The molecular weight excluding hydrogens is 350 g/mol. The van der Waals surface area contributed by atoms with Crippen molar-refractivity contribution in [2.45, 2.75) is 39.7 Å². The van der Waals surface area contributed by atoms with E-state index in [0.717, 1.165) is 12.0 Å². The summed E-state index contributed by atoms with van der Waals surface area (Å²) in [6, 6.07) is 9.38. The fourth-order valence-corrected chi connectivity index (χ4v) is 4.40. The average Bonchev–Trinajstić information content (AvgIpc) is 2.67. The normalized spacial score (nSPS) is 16.2. The molecule has 0 unspecified atom stereocenters. The Kier molecular flexibility index (Phi) is 7.18. The molecule has 0 saturated carbocycles. The van der Waals surface area contributed by atoms with E-state index in [9.17, 15) is 13.2 Å². The number of nitrogens with zero attached hydrogens (tertiary/aromatic N) is 3. The molecule has 0 N–H and O–H groups in total. The highest BCUT2D eigenvalue weighted by atomic mass is 32.2. The minimum Gasteiger partial charge on any atom is -0.338 e. The molecule has 0 aromatic heterocycles. The fraction of sp³-hybridized carbons (Fsp3) is 0.579. The van der Waals surface area contributed by atoms with Crippen LogP contribution in [0.1, 0.15) is 44.2 Å². The minimum atomic E-state index is -3.17. The molecule has 0 bridgehead atoms. The highest BCUT2D eigenvalue weighted by molar-refractivity contribution is 7.89. The highest BCUT2D eigenvalue weighted by Gasteiger charge is 2.32. The van der Waals surface area contributed by atoms with Gasteiger partial charge in [0.2, 0.25) is 15.9 Å². The van der Waals surface area contributed by atoms with E-state index in [1.165, 1.54) is 4.31 Å². The Bertz CT molecular complexity index is 745. The van der Waals surface area contributed by atoms with E-state index in [2.05, 4.69) is 6.07 Å². The molecular formula is C19H27N3O3S. The third-order valence-corrected chi connectivity index (χ3v) is 6.70. The first-order valence-electron chi connectivity index (χ1n) is 9.17. The second-order valence-corrected chi connectivity index (χ2v) is 8.90. The predicted molar refractivity (Wildman–Crippen MR) is 101 cm³/mol. The van der Waals surface area contributed by atoms with Gasteiger partial charge in [-0.1, -0.05) is 19.1 Å². The molecule has 1 saturated heterocycles. The van der Waals surface area contributed by atoms with E-state index in [0.29, 0.717) is 44.6 Å². The summed E-state index contributed by atoms with van der Waals surface area (Å²) in [6.07, 6.45) is 2.02. The third kappa shape index (κ3) is 5.05. The summed E-state index contributed by atoms with van der Waals surface area (Å²) >= 11 is 0. The smallest absolute Gasteiger partial charge is 0.226 e. The Balaban J connectivity index is 2.01. The Morgan fingerprint density at radius 3 is 2.35 bits per heavy atom. The van der Waals surface area contributed by atoms with Gasteiger partial charge in [0.1, 0.15) is 0 Å². The van der Waals surface area contributed by atoms with Crippen LogP contribution in [0.3, 0.4) is 0 Å². The van der Waals surface area contributed by atoms with Crippen LogP contribution in [0, 0.1) is 17.2 Å². The van der Waals surface area contributed by atoms with Crippen LogP contribution in [-0.2, 0) is 21.4 Å². The van der Waals surface area contributed by atoms with Crippen molar-refractivity contribution in [3.8, 4) is 6.07 Å². The molecule has 0 atom stereocenters. The Morgan fingerprint density at radius 1 is 1.23 bits per heavy atom. The lowest BCUT2D eigenvalue weighted by Crippen LogP contribution is -2.44. The average molecular weight is 378 g/mol. The third-order valence-electron chi connectivity index (χ3n) is 4.82. The number of benzene rings is 1. The van der Waals surface area contributed by atoms with Gasteiger partial charge in [0.15, 0.2) is 0 Å². The minimum absolute atomic E-state index is 0.102. The van der Waals surface area contributed by atoms with Gasteiger partial charge in [0.25, 0.3) is 0 Å². The summed E-state index contributed by atoms with van der Waals surface area (Å²) in [5, 5.41) is 8.89. The van der Waals surface area contributed by atoms with Crippen molar-refractivity contribution in [1.29, 1.82) is 5.26 Å². The quantitative estimate of drug-likeness (QED) is 0.730. The van der Waals surface area contributed by atoms with Gasteiger partial charge in [-0.25, -0.2) is 12.7 Å². The van der Waals surface area contributed by atoms with Gasteiger partial charge in [-0.05, 0) is 43.9 Å². The number of carbonyl (C=O) groups excluding carboxylic acids is 1. The molecule has 7 heteroatoms. The topological polar surface area (TPSA) is 81.5 Å². The number of rotatable bonds is 7. The van der Waals surface area contributed by atoms with Gasteiger partial charge in [-0.3, -0.25) is 4.79 Å². The molecule has 142 valence electrons. The maximum Gasteiger partial charge on any atom is 0.226 e. The zero-order chi connectivity index (χ0) is 19.2. The molecule has 2 rings (SSSR count). The van der Waals surface area contributed by atoms with Crippen molar-refractivity contribution in [2.75, 3.05) is 25.4 Å². The lowest BCUT2D eigenvalue weighted by molar-refractivity contribution is -0.137. The monoisotopic (exact) mass is 377 g/mol.